The van der Waals surface area contributed by atoms with Gasteiger partial charge in [-0.2, -0.15) is 0 Å². The Morgan fingerprint density at radius 3 is 2.42 bits per heavy atom. The normalized spacial score (nSPS) is 19.0. The topological polar surface area (TPSA) is 116 Å². The summed E-state index contributed by atoms with van der Waals surface area (Å²) in [5.41, 5.74) is 1.37. The molecule has 3 rings (SSSR count). The first-order chi connectivity index (χ1) is 14.7. The quantitative estimate of drug-likeness (QED) is 0.332. The number of ketones is 2. The molecule has 4 N–H and O–H groups in total. The van der Waals surface area contributed by atoms with E-state index in [1.54, 1.807) is 20.2 Å². The Balaban J connectivity index is 1.72. The van der Waals surface area contributed by atoms with Crippen molar-refractivity contribution in [2.24, 2.45) is 5.84 Å². The molecule has 1 aliphatic rings. The van der Waals surface area contributed by atoms with E-state index in [0.717, 1.165) is 17.9 Å². The first kappa shape index (κ1) is 22.5. The molecule has 2 aromatic carbocycles. The van der Waals surface area contributed by atoms with E-state index < -0.39 is 29.6 Å². The van der Waals surface area contributed by atoms with E-state index in [9.17, 15) is 19.5 Å². The van der Waals surface area contributed by atoms with E-state index in [1.165, 1.54) is 22.6 Å². The van der Waals surface area contributed by atoms with Crippen LogP contribution in [-0.2, 0) is 16.0 Å². The van der Waals surface area contributed by atoms with Gasteiger partial charge in [0.2, 0.25) is 11.6 Å². The Morgan fingerprint density at radius 1 is 1.10 bits per heavy atom. The number of benzene rings is 2. The Labute approximate surface area is 181 Å². The van der Waals surface area contributed by atoms with Gasteiger partial charge in [0.05, 0.1) is 11.3 Å². The van der Waals surface area contributed by atoms with Crippen LogP contribution in [0, 0.1) is 0 Å². The van der Waals surface area contributed by atoms with Crippen LogP contribution in [0.3, 0.4) is 0 Å². The van der Waals surface area contributed by atoms with E-state index >= 15 is 0 Å². The number of phenolic OH excluding ortho intramolecular Hbond substituents is 1. The highest BCUT2D eigenvalue weighted by molar-refractivity contribution is 6.49. The first-order valence-corrected chi connectivity index (χ1v) is 10.2. The number of hydrazine groups is 1. The second-order valence-corrected chi connectivity index (χ2v) is 8.02. The molecule has 8 heteroatoms. The van der Waals surface area contributed by atoms with Crippen molar-refractivity contribution in [2.75, 3.05) is 19.1 Å². The fraction of sp³-hybridized carbons (Fsp3) is 0.348. The lowest BCUT2D eigenvalue weighted by Gasteiger charge is -2.41. The SMILES string of the molecule is CC(CCc1ccccc1)NC1C(=O)C(=O)C1N(N)c1cccc(C(=O)N(C)C)c1O. The lowest BCUT2D eigenvalue weighted by Crippen LogP contribution is -2.73. The zero-order valence-corrected chi connectivity index (χ0v) is 17.9. The molecule has 1 aliphatic carbocycles. The van der Waals surface area contributed by atoms with Gasteiger partial charge in [-0.05, 0) is 37.5 Å². The summed E-state index contributed by atoms with van der Waals surface area (Å²) >= 11 is 0. The monoisotopic (exact) mass is 424 g/mol. The van der Waals surface area contributed by atoms with Gasteiger partial charge in [0.15, 0.2) is 5.75 Å². The van der Waals surface area contributed by atoms with Gasteiger partial charge in [0.25, 0.3) is 5.91 Å². The second kappa shape index (κ2) is 9.28. The molecule has 0 saturated heterocycles. The summed E-state index contributed by atoms with van der Waals surface area (Å²) in [5.74, 6) is 4.28. The number of carbonyl (C=O) groups excluding carboxylic acids is 3. The van der Waals surface area contributed by atoms with Crippen LogP contribution in [0.15, 0.2) is 48.5 Å². The maximum absolute atomic E-state index is 12.3. The number of amides is 1. The molecule has 164 valence electrons. The molecule has 0 radical (unpaired) electrons. The standard InChI is InChI=1S/C23H28N4O4/c1-14(12-13-15-8-5-4-6-9-15)25-18-19(22(30)21(18)29)27(24)17-11-7-10-16(20(17)28)23(31)26(2)3/h4-11,14,18-19,25,28H,12-13,24H2,1-3H3. The highest BCUT2D eigenvalue weighted by atomic mass is 16.3. The van der Waals surface area contributed by atoms with Crippen molar-refractivity contribution in [3.63, 3.8) is 0 Å². The molecule has 8 nitrogen and oxygen atoms in total. The third kappa shape index (κ3) is 4.60. The van der Waals surface area contributed by atoms with Crippen LogP contribution in [-0.4, -0.2) is 59.7 Å². The first-order valence-electron chi connectivity index (χ1n) is 10.2. The minimum atomic E-state index is -0.956. The summed E-state index contributed by atoms with van der Waals surface area (Å²) in [4.78, 5) is 38.2. The van der Waals surface area contributed by atoms with E-state index in [-0.39, 0.29) is 23.0 Å². The molecule has 0 bridgehead atoms. The molecule has 1 fully saturated rings. The number of para-hydroxylation sites is 1. The number of anilines is 1. The molecular weight excluding hydrogens is 396 g/mol. The highest BCUT2D eigenvalue weighted by Crippen LogP contribution is 2.33. The van der Waals surface area contributed by atoms with Crippen molar-refractivity contribution in [3.05, 3.63) is 59.7 Å². The van der Waals surface area contributed by atoms with Crippen LogP contribution in [0.25, 0.3) is 0 Å². The summed E-state index contributed by atoms with van der Waals surface area (Å²) < 4.78 is 0. The Morgan fingerprint density at radius 2 is 1.77 bits per heavy atom. The van der Waals surface area contributed by atoms with Gasteiger partial charge in [-0.3, -0.25) is 19.4 Å². The van der Waals surface area contributed by atoms with Gasteiger partial charge < -0.3 is 15.3 Å². The van der Waals surface area contributed by atoms with Crippen LogP contribution < -0.4 is 16.2 Å². The van der Waals surface area contributed by atoms with Crippen LogP contribution in [0.2, 0.25) is 0 Å². The maximum atomic E-state index is 12.3. The van der Waals surface area contributed by atoms with Crippen molar-refractivity contribution in [1.29, 1.82) is 0 Å². The number of carbonyl (C=O) groups is 3. The van der Waals surface area contributed by atoms with E-state index in [0.29, 0.717) is 0 Å². The summed E-state index contributed by atoms with van der Waals surface area (Å²) in [6.07, 6.45) is 1.60. The minimum Gasteiger partial charge on any atom is -0.505 e. The largest absolute Gasteiger partial charge is 0.505 e. The average Bonchev–Trinajstić information content (AvgIpc) is 2.77. The van der Waals surface area contributed by atoms with Crippen molar-refractivity contribution >= 4 is 23.2 Å². The Bertz CT molecular complexity index is 977. The van der Waals surface area contributed by atoms with Gasteiger partial charge >= 0.3 is 0 Å². The Hall–Kier alpha value is -3.23. The van der Waals surface area contributed by atoms with E-state index in [4.69, 9.17) is 5.84 Å². The van der Waals surface area contributed by atoms with Crippen molar-refractivity contribution < 1.29 is 19.5 Å². The van der Waals surface area contributed by atoms with E-state index in [2.05, 4.69) is 5.32 Å². The lowest BCUT2D eigenvalue weighted by atomic mass is 9.81. The lowest BCUT2D eigenvalue weighted by molar-refractivity contribution is -0.146. The van der Waals surface area contributed by atoms with Crippen molar-refractivity contribution in [2.45, 2.75) is 37.9 Å². The third-order valence-corrected chi connectivity index (χ3v) is 5.51. The molecule has 0 spiro atoms. The fourth-order valence-electron chi connectivity index (χ4n) is 3.67. The molecule has 0 aromatic heterocycles. The molecule has 0 aliphatic heterocycles. The van der Waals surface area contributed by atoms with Crippen LogP contribution in [0.4, 0.5) is 5.69 Å². The van der Waals surface area contributed by atoms with Crippen LogP contribution >= 0.6 is 0 Å². The zero-order valence-electron chi connectivity index (χ0n) is 17.9. The van der Waals surface area contributed by atoms with Crippen molar-refractivity contribution in [3.8, 4) is 5.75 Å². The number of phenols is 1. The highest BCUT2D eigenvalue weighted by Gasteiger charge is 2.52. The molecule has 1 saturated carbocycles. The van der Waals surface area contributed by atoms with Gasteiger partial charge in [-0.1, -0.05) is 36.4 Å². The minimum absolute atomic E-state index is 0.0339. The number of nitrogens with two attached hydrogens (primary N) is 1. The average molecular weight is 425 g/mol. The van der Waals surface area contributed by atoms with E-state index in [1.807, 2.05) is 37.3 Å². The number of hydrogen-bond donors (Lipinski definition) is 3. The molecule has 3 atom stereocenters. The number of nitrogens with one attached hydrogen (secondary N) is 1. The second-order valence-electron chi connectivity index (χ2n) is 8.02. The Kier molecular flexibility index (Phi) is 6.72. The van der Waals surface area contributed by atoms with Crippen LogP contribution in [0.5, 0.6) is 5.75 Å². The van der Waals surface area contributed by atoms with Gasteiger partial charge in [-0.15, -0.1) is 0 Å². The predicted octanol–water partition coefficient (Wildman–Crippen LogP) is 1.27. The number of Topliss-reactive ketones (excluding diaryl/α,β-unsaturated/α-hetero) is 2. The summed E-state index contributed by atoms with van der Waals surface area (Å²) in [6.45, 7) is 1.95. The molecule has 2 aromatic rings. The maximum Gasteiger partial charge on any atom is 0.257 e. The van der Waals surface area contributed by atoms with Gasteiger partial charge in [-0.25, -0.2) is 5.84 Å². The third-order valence-electron chi connectivity index (χ3n) is 5.51. The molecule has 31 heavy (non-hydrogen) atoms. The molecule has 3 unspecified atom stereocenters. The summed E-state index contributed by atoms with van der Waals surface area (Å²) in [5, 5.41) is 14.9. The smallest absolute Gasteiger partial charge is 0.257 e. The molecular formula is C23H28N4O4. The molecule has 0 heterocycles. The van der Waals surface area contributed by atoms with Crippen molar-refractivity contribution in [1.82, 2.24) is 10.2 Å². The summed E-state index contributed by atoms with van der Waals surface area (Å²) in [6, 6.07) is 12.8. The molecule has 1 amide bonds. The van der Waals surface area contributed by atoms with Gasteiger partial charge in [0.1, 0.15) is 12.1 Å². The van der Waals surface area contributed by atoms with Crippen LogP contribution in [0.1, 0.15) is 29.3 Å². The number of rotatable bonds is 8. The summed E-state index contributed by atoms with van der Waals surface area (Å²) in [7, 11) is 3.14. The number of aromatic hydroxyl groups is 1. The van der Waals surface area contributed by atoms with Gasteiger partial charge in [0, 0.05) is 20.1 Å². The predicted molar refractivity (Wildman–Crippen MR) is 118 cm³/mol. The fourth-order valence-corrected chi connectivity index (χ4v) is 3.67. The number of nitrogens with zero attached hydrogens (tertiary/aromatic N) is 2. The number of aryl methyl sites for hydroxylation is 1. The zero-order chi connectivity index (χ0) is 22.7. The number of hydrogen-bond acceptors (Lipinski definition) is 7.